The molecule has 3 N–H and O–H groups in total. The molecule has 92 valence electrons. The number of carbonyl (C=O) groups is 2. The molecule has 1 rings (SSSR count). The standard InChI is InChI=1S/C9H16N2O5/c10-1-3-15-6-8(12)11-2-4-16-5-7(11)9(13)14/h7H,1-6,10H2,(H,13,14). The topological polar surface area (TPSA) is 102 Å². The van der Waals surface area contributed by atoms with E-state index >= 15 is 0 Å². The van der Waals surface area contributed by atoms with E-state index in [-0.39, 0.29) is 32.3 Å². The van der Waals surface area contributed by atoms with E-state index in [1.807, 2.05) is 0 Å². The number of nitrogens with two attached hydrogens (primary N) is 1. The van der Waals surface area contributed by atoms with E-state index in [1.54, 1.807) is 0 Å². The van der Waals surface area contributed by atoms with Crippen molar-refractivity contribution in [3.05, 3.63) is 0 Å². The summed E-state index contributed by atoms with van der Waals surface area (Å²) in [5.74, 6) is -1.41. The smallest absolute Gasteiger partial charge is 0.328 e. The molecule has 1 fully saturated rings. The average molecular weight is 232 g/mol. The number of rotatable bonds is 5. The van der Waals surface area contributed by atoms with Gasteiger partial charge in [0.1, 0.15) is 6.61 Å². The summed E-state index contributed by atoms with van der Waals surface area (Å²) in [6.07, 6.45) is 0. The zero-order chi connectivity index (χ0) is 12.0. The molecule has 1 aliphatic heterocycles. The normalized spacial score (nSPS) is 20.8. The van der Waals surface area contributed by atoms with E-state index in [1.165, 1.54) is 4.90 Å². The van der Waals surface area contributed by atoms with Gasteiger partial charge in [0.25, 0.3) is 0 Å². The molecule has 7 heteroatoms. The Morgan fingerprint density at radius 3 is 2.94 bits per heavy atom. The molecule has 0 aromatic heterocycles. The van der Waals surface area contributed by atoms with Crippen LogP contribution < -0.4 is 5.73 Å². The van der Waals surface area contributed by atoms with Crippen LogP contribution in [0.2, 0.25) is 0 Å². The average Bonchev–Trinajstić information content (AvgIpc) is 2.29. The number of ether oxygens (including phenoxy) is 2. The Kier molecular flexibility index (Phi) is 5.17. The van der Waals surface area contributed by atoms with Gasteiger partial charge in [-0.2, -0.15) is 0 Å². The number of nitrogens with zero attached hydrogens (tertiary/aromatic N) is 1. The van der Waals surface area contributed by atoms with Gasteiger partial charge in [0.2, 0.25) is 5.91 Å². The van der Waals surface area contributed by atoms with Crippen LogP contribution in [0.25, 0.3) is 0 Å². The number of hydrogen-bond donors (Lipinski definition) is 2. The lowest BCUT2D eigenvalue weighted by Crippen LogP contribution is -2.53. The third-order valence-corrected chi connectivity index (χ3v) is 2.22. The Bertz CT molecular complexity index is 258. The monoisotopic (exact) mass is 232 g/mol. The number of aliphatic carboxylic acids is 1. The summed E-state index contributed by atoms with van der Waals surface area (Å²) >= 11 is 0. The van der Waals surface area contributed by atoms with Crippen LogP contribution in [0.15, 0.2) is 0 Å². The Morgan fingerprint density at radius 2 is 2.31 bits per heavy atom. The van der Waals surface area contributed by atoms with Crippen LogP contribution in [0.5, 0.6) is 0 Å². The van der Waals surface area contributed by atoms with Crippen molar-refractivity contribution in [1.82, 2.24) is 4.90 Å². The van der Waals surface area contributed by atoms with Crippen molar-refractivity contribution in [2.24, 2.45) is 5.73 Å². The molecule has 1 heterocycles. The van der Waals surface area contributed by atoms with Gasteiger partial charge in [0.15, 0.2) is 6.04 Å². The molecule has 0 aliphatic carbocycles. The predicted octanol–water partition coefficient (Wildman–Crippen LogP) is -1.73. The molecule has 0 bridgehead atoms. The predicted molar refractivity (Wildman–Crippen MR) is 53.8 cm³/mol. The minimum Gasteiger partial charge on any atom is -0.480 e. The largest absolute Gasteiger partial charge is 0.480 e. The summed E-state index contributed by atoms with van der Waals surface area (Å²) in [5, 5.41) is 8.89. The number of carbonyl (C=O) groups excluding carboxylic acids is 1. The van der Waals surface area contributed by atoms with Crippen LogP contribution in [0.3, 0.4) is 0 Å². The van der Waals surface area contributed by atoms with Gasteiger partial charge in [-0.15, -0.1) is 0 Å². The van der Waals surface area contributed by atoms with Crippen LogP contribution >= 0.6 is 0 Å². The fourth-order valence-electron chi connectivity index (χ4n) is 1.43. The number of hydrogen-bond acceptors (Lipinski definition) is 5. The number of carboxylic acid groups (broad SMARTS) is 1. The number of amides is 1. The van der Waals surface area contributed by atoms with E-state index in [9.17, 15) is 9.59 Å². The van der Waals surface area contributed by atoms with Crippen molar-refractivity contribution in [2.45, 2.75) is 6.04 Å². The second kappa shape index (κ2) is 6.41. The lowest BCUT2D eigenvalue weighted by Gasteiger charge is -2.32. The first-order chi connectivity index (χ1) is 7.66. The SMILES string of the molecule is NCCOCC(=O)N1CCOCC1C(=O)O. The maximum absolute atomic E-state index is 11.6. The van der Waals surface area contributed by atoms with Crippen molar-refractivity contribution >= 4 is 11.9 Å². The molecule has 1 aliphatic rings. The molecule has 0 aromatic carbocycles. The van der Waals surface area contributed by atoms with E-state index in [4.69, 9.17) is 20.3 Å². The highest BCUT2D eigenvalue weighted by Crippen LogP contribution is 2.07. The molecule has 1 amide bonds. The summed E-state index contributed by atoms with van der Waals surface area (Å²) in [6.45, 7) is 1.14. The summed E-state index contributed by atoms with van der Waals surface area (Å²) < 4.78 is 9.99. The van der Waals surface area contributed by atoms with Gasteiger partial charge in [-0.25, -0.2) is 4.79 Å². The molecule has 1 saturated heterocycles. The fourth-order valence-corrected chi connectivity index (χ4v) is 1.43. The highest BCUT2D eigenvalue weighted by Gasteiger charge is 2.32. The van der Waals surface area contributed by atoms with E-state index < -0.39 is 12.0 Å². The Labute approximate surface area is 93.1 Å². The van der Waals surface area contributed by atoms with Crippen LogP contribution in [0.4, 0.5) is 0 Å². The van der Waals surface area contributed by atoms with Crippen molar-refractivity contribution < 1.29 is 24.2 Å². The summed E-state index contributed by atoms with van der Waals surface area (Å²) in [5.41, 5.74) is 5.20. The Morgan fingerprint density at radius 1 is 1.56 bits per heavy atom. The highest BCUT2D eigenvalue weighted by atomic mass is 16.5. The van der Waals surface area contributed by atoms with E-state index in [2.05, 4.69) is 0 Å². The van der Waals surface area contributed by atoms with Crippen LogP contribution in [0.1, 0.15) is 0 Å². The van der Waals surface area contributed by atoms with Crippen molar-refractivity contribution in [3.63, 3.8) is 0 Å². The van der Waals surface area contributed by atoms with Gasteiger partial charge in [-0.3, -0.25) is 4.79 Å². The van der Waals surface area contributed by atoms with Crippen LogP contribution in [-0.2, 0) is 19.1 Å². The van der Waals surface area contributed by atoms with Crippen molar-refractivity contribution in [3.8, 4) is 0 Å². The molecule has 7 nitrogen and oxygen atoms in total. The molecule has 0 saturated carbocycles. The second-order valence-corrected chi connectivity index (χ2v) is 3.36. The lowest BCUT2D eigenvalue weighted by atomic mass is 10.2. The van der Waals surface area contributed by atoms with Crippen LogP contribution in [-0.4, -0.2) is 67.4 Å². The molecular weight excluding hydrogens is 216 g/mol. The lowest BCUT2D eigenvalue weighted by molar-refractivity contribution is -0.160. The first-order valence-electron chi connectivity index (χ1n) is 5.04. The van der Waals surface area contributed by atoms with Gasteiger partial charge in [-0.05, 0) is 0 Å². The molecule has 1 unspecified atom stereocenters. The molecule has 0 aromatic rings. The first-order valence-corrected chi connectivity index (χ1v) is 5.04. The van der Waals surface area contributed by atoms with Crippen molar-refractivity contribution in [1.29, 1.82) is 0 Å². The van der Waals surface area contributed by atoms with E-state index in [0.717, 1.165) is 0 Å². The molecular formula is C9H16N2O5. The quantitative estimate of drug-likeness (QED) is 0.546. The zero-order valence-corrected chi connectivity index (χ0v) is 8.92. The number of morpholine rings is 1. The fraction of sp³-hybridized carbons (Fsp3) is 0.778. The summed E-state index contributed by atoms with van der Waals surface area (Å²) in [4.78, 5) is 23.8. The zero-order valence-electron chi connectivity index (χ0n) is 8.92. The molecule has 16 heavy (non-hydrogen) atoms. The van der Waals surface area contributed by atoms with Gasteiger partial charge >= 0.3 is 5.97 Å². The summed E-state index contributed by atoms with van der Waals surface area (Å²) in [7, 11) is 0. The summed E-state index contributed by atoms with van der Waals surface area (Å²) in [6, 6.07) is -0.914. The molecule has 0 spiro atoms. The molecule has 1 atom stereocenters. The highest BCUT2D eigenvalue weighted by molar-refractivity contribution is 5.84. The Hall–Kier alpha value is -1.18. The minimum atomic E-state index is -1.06. The van der Waals surface area contributed by atoms with Crippen molar-refractivity contribution in [2.75, 3.05) is 39.5 Å². The maximum Gasteiger partial charge on any atom is 0.328 e. The number of carboxylic acids is 1. The minimum absolute atomic E-state index is 0.0258. The van der Waals surface area contributed by atoms with E-state index in [0.29, 0.717) is 13.2 Å². The van der Waals surface area contributed by atoms with Crippen LogP contribution in [0, 0.1) is 0 Å². The Balaban J connectivity index is 2.47. The third kappa shape index (κ3) is 3.44. The van der Waals surface area contributed by atoms with Gasteiger partial charge in [0, 0.05) is 13.1 Å². The second-order valence-electron chi connectivity index (χ2n) is 3.36. The third-order valence-electron chi connectivity index (χ3n) is 2.22. The molecule has 0 radical (unpaired) electrons. The van der Waals surface area contributed by atoms with Gasteiger partial charge in [-0.1, -0.05) is 0 Å². The van der Waals surface area contributed by atoms with Gasteiger partial charge in [0.05, 0.1) is 19.8 Å². The first kappa shape index (κ1) is 12.9. The maximum atomic E-state index is 11.6. The van der Waals surface area contributed by atoms with Gasteiger partial charge < -0.3 is 25.2 Å².